The Kier molecular flexibility index (Phi) is 3.24. The average Bonchev–Trinajstić information content (AvgIpc) is 3.05. The third-order valence-corrected chi connectivity index (χ3v) is 4.02. The maximum Gasteiger partial charge on any atom is 0.133 e. The summed E-state index contributed by atoms with van der Waals surface area (Å²) in [6.07, 6.45) is 7.23. The molecule has 0 spiro atoms. The Labute approximate surface area is 129 Å². The van der Waals surface area contributed by atoms with Crippen molar-refractivity contribution in [3.63, 3.8) is 0 Å². The highest BCUT2D eigenvalue weighted by Crippen LogP contribution is 2.27. The van der Waals surface area contributed by atoms with Crippen molar-refractivity contribution in [1.29, 1.82) is 0 Å². The standard InChI is InChI=1S/C13H10.C8H6O/c1-4-10-6-2-8-12-9-3-7-11(5-1)13(10)12;1-2-4-8-7(3-1)5-6-9-8/h1-8H,9H2;1-6H. The molecule has 4 aromatic rings. The molecule has 1 aliphatic rings. The van der Waals surface area contributed by atoms with Gasteiger partial charge in [-0.25, -0.2) is 0 Å². The van der Waals surface area contributed by atoms with Crippen molar-refractivity contribution in [2.24, 2.45) is 0 Å². The summed E-state index contributed by atoms with van der Waals surface area (Å²) < 4.78 is 5.12. The fourth-order valence-electron chi connectivity index (χ4n) is 2.98. The van der Waals surface area contributed by atoms with Crippen LogP contribution in [0.25, 0.3) is 27.8 Å². The summed E-state index contributed by atoms with van der Waals surface area (Å²) in [6, 6.07) is 22.9. The van der Waals surface area contributed by atoms with E-state index in [1.807, 2.05) is 30.3 Å². The predicted molar refractivity (Wildman–Crippen MR) is 92.9 cm³/mol. The van der Waals surface area contributed by atoms with E-state index >= 15 is 0 Å². The first-order chi connectivity index (χ1) is 10.9. The van der Waals surface area contributed by atoms with Crippen LogP contribution in [0.15, 0.2) is 83.5 Å². The molecule has 0 saturated heterocycles. The van der Waals surface area contributed by atoms with Gasteiger partial charge in [0.1, 0.15) is 5.58 Å². The second-order valence-corrected chi connectivity index (χ2v) is 5.43. The molecule has 3 aromatic carbocycles. The van der Waals surface area contributed by atoms with Gasteiger partial charge in [0, 0.05) is 5.39 Å². The van der Waals surface area contributed by atoms with Gasteiger partial charge in [0.05, 0.1) is 6.26 Å². The second-order valence-electron chi connectivity index (χ2n) is 5.43. The summed E-state index contributed by atoms with van der Waals surface area (Å²) in [5, 5.41) is 3.96. The van der Waals surface area contributed by atoms with Gasteiger partial charge in [0.15, 0.2) is 0 Å². The molecule has 1 aliphatic carbocycles. The molecule has 0 aliphatic heterocycles. The maximum absolute atomic E-state index is 5.12. The number of furan rings is 1. The molecular weight excluding hydrogens is 268 g/mol. The molecule has 0 N–H and O–H groups in total. The van der Waals surface area contributed by atoms with E-state index in [1.54, 1.807) is 6.26 Å². The molecule has 22 heavy (non-hydrogen) atoms. The quantitative estimate of drug-likeness (QED) is 0.395. The average molecular weight is 284 g/mol. The number of benzene rings is 3. The van der Waals surface area contributed by atoms with E-state index in [-0.39, 0.29) is 0 Å². The summed E-state index contributed by atoms with van der Waals surface area (Å²) in [7, 11) is 0. The van der Waals surface area contributed by atoms with Crippen molar-refractivity contribution in [2.45, 2.75) is 6.42 Å². The van der Waals surface area contributed by atoms with Gasteiger partial charge in [-0.1, -0.05) is 66.7 Å². The smallest absolute Gasteiger partial charge is 0.133 e. The molecule has 0 unspecified atom stereocenters. The topological polar surface area (TPSA) is 13.1 Å². The van der Waals surface area contributed by atoms with Gasteiger partial charge in [0.25, 0.3) is 0 Å². The van der Waals surface area contributed by atoms with Crippen LogP contribution >= 0.6 is 0 Å². The third-order valence-electron chi connectivity index (χ3n) is 4.02. The number of para-hydroxylation sites is 1. The van der Waals surface area contributed by atoms with E-state index < -0.39 is 0 Å². The molecule has 106 valence electrons. The molecule has 1 heteroatoms. The van der Waals surface area contributed by atoms with Gasteiger partial charge < -0.3 is 4.42 Å². The Balaban J connectivity index is 0.000000122. The lowest BCUT2D eigenvalue weighted by Gasteiger charge is -2.11. The first-order valence-corrected chi connectivity index (χ1v) is 7.51. The molecular formula is C21H16O. The van der Waals surface area contributed by atoms with Gasteiger partial charge >= 0.3 is 0 Å². The van der Waals surface area contributed by atoms with E-state index in [2.05, 4.69) is 48.6 Å². The molecule has 0 atom stereocenters. The van der Waals surface area contributed by atoms with Crippen LogP contribution in [-0.2, 0) is 6.42 Å². The zero-order valence-corrected chi connectivity index (χ0v) is 12.2. The van der Waals surface area contributed by atoms with Crippen molar-refractivity contribution < 1.29 is 4.42 Å². The normalized spacial score (nSPS) is 12.2. The molecule has 1 heterocycles. The van der Waals surface area contributed by atoms with E-state index in [0.29, 0.717) is 0 Å². The summed E-state index contributed by atoms with van der Waals surface area (Å²) in [5.74, 6) is 0. The highest BCUT2D eigenvalue weighted by Gasteiger charge is 2.06. The molecule has 1 aromatic heterocycles. The lowest BCUT2D eigenvalue weighted by Crippen LogP contribution is -1.91. The number of rotatable bonds is 0. The number of hydrogen-bond acceptors (Lipinski definition) is 1. The van der Waals surface area contributed by atoms with Crippen LogP contribution in [0.5, 0.6) is 0 Å². The predicted octanol–water partition coefficient (Wildman–Crippen LogP) is 5.84. The minimum Gasteiger partial charge on any atom is -0.464 e. The number of fused-ring (bicyclic) bond motifs is 1. The van der Waals surface area contributed by atoms with Crippen LogP contribution in [0.1, 0.15) is 11.1 Å². The first kappa shape index (κ1) is 12.9. The monoisotopic (exact) mass is 284 g/mol. The SMILES string of the molecule is C1=Cc2cccc3cccc(c23)C1.c1ccc2occc2c1. The number of hydrogen-bond donors (Lipinski definition) is 0. The van der Waals surface area contributed by atoms with Crippen LogP contribution in [-0.4, -0.2) is 0 Å². The Bertz CT molecular complexity index is 924. The van der Waals surface area contributed by atoms with Crippen LogP contribution < -0.4 is 0 Å². The zero-order valence-electron chi connectivity index (χ0n) is 12.2. The van der Waals surface area contributed by atoms with E-state index in [9.17, 15) is 0 Å². The van der Waals surface area contributed by atoms with Crippen LogP contribution in [0.3, 0.4) is 0 Å². The van der Waals surface area contributed by atoms with Crippen molar-refractivity contribution in [3.05, 3.63) is 90.2 Å². The molecule has 0 fully saturated rings. The van der Waals surface area contributed by atoms with Crippen molar-refractivity contribution in [2.75, 3.05) is 0 Å². The van der Waals surface area contributed by atoms with Gasteiger partial charge in [0.2, 0.25) is 0 Å². The van der Waals surface area contributed by atoms with E-state index in [4.69, 9.17) is 4.42 Å². The van der Waals surface area contributed by atoms with Crippen molar-refractivity contribution in [3.8, 4) is 0 Å². The lowest BCUT2D eigenvalue weighted by atomic mass is 9.93. The second kappa shape index (κ2) is 5.53. The molecule has 1 nitrogen and oxygen atoms in total. The third kappa shape index (κ3) is 2.31. The minimum absolute atomic E-state index is 0.956. The van der Waals surface area contributed by atoms with E-state index in [1.165, 1.54) is 21.9 Å². The van der Waals surface area contributed by atoms with Crippen LogP contribution in [0, 0.1) is 0 Å². The van der Waals surface area contributed by atoms with Crippen LogP contribution in [0.2, 0.25) is 0 Å². The fourth-order valence-corrected chi connectivity index (χ4v) is 2.98. The Morgan fingerprint density at radius 3 is 2.45 bits per heavy atom. The molecule has 0 saturated carbocycles. The largest absolute Gasteiger partial charge is 0.464 e. The highest BCUT2D eigenvalue weighted by molar-refractivity contribution is 5.94. The Hall–Kier alpha value is -2.80. The minimum atomic E-state index is 0.956. The van der Waals surface area contributed by atoms with Gasteiger partial charge in [-0.2, -0.15) is 0 Å². The van der Waals surface area contributed by atoms with Gasteiger partial charge in [-0.15, -0.1) is 0 Å². The highest BCUT2D eigenvalue weighted by atomic mass is 16.3. The van der Waals surface area contributed by atoms with Gasteiger partial charge in [-0.3, -0.25) is 0 Å². The molecule has 0 radical (unpaired) electrons. The molecule has 0 amide bonds. The van der Waals surface area contributed by atoms with Crippen LogP contribution in [0.4, 0.5) is 0 Å². The summed E-state index contributed by atoms with van der Waals surface area (Å²) >= 11 is 0. The summed E-state index contributed by atoms with van der Waals surface area (Å²) in [4.78, 5) is 0. The zero-order chi connectivity index (χ0) is 14.8. The van der Waals surface area contributed by atoms with Gasteiger partial charge in [-0.05, 0) is 40.5 Å². The summed E-state index contributed by atoms with van der Waals surface area (Å²) in [6.45, 7) is 0. The first-order valence-electron chi connectivity index (χ1n) is 7.51. The Morgan fingerprint density at radius 1 is 0.727 bits per heavy atom. The van der Waals surface area contributed by atoms with E-state index in [0.717, 1.165) is 17.4 Å². The fraction of sp³-hybridized carbons (Fsp3) is 0.0476. The number of allylic oxidation sites excluding steroid dienone is 1. The summed E-state index contributed by atoms with van der Waals surface area (Å²) in [5.41, 5.74) is 3.77. The van der Waals surface area contributed by atoms with Crippen molar-refractivity contribution >= 4 is 27.8 Å². The molecule has 0 bridgehead atoms. The maximum atomic E-state index is 5.12. The Morgan fingerprint density at radius 2 is 1.55 bits per heavy atom. The lowest BCUT2D eigenvalue weighted by molar-refractivity contribution is 0.616. The van der Waals surface area contributed by atoms with Crippen molar-refractivity contribution in [1.82, 2.24) is 0 Å². The molecule has 5 rings (SSSR count).